The van der Waals surface area contributed by atoms with Gasteiger partial charge in [-0.3, -0.25) is 9.97 Å². The Morgan fingerprint density at radius 3 is 2.68 bits per heavy atom. The number of nitrogens with two attached hydrogens (primary N) is 1. The fraction of sp³-hybridized carbons (Fsp3) is 0. The topological polar surface area (TPSA) is 77.8 Å². The first kappa shape index (κ1) is 11.3. The zero-order chi connectivity index (χ0) is 13.2. The number of nitrogen functional groups attached to an aromatic ring is 1. The molecule has 6 heteroatoms. The molecule has 0 aliphatic carbocycles. The molecule has 5 nitrogen and oxygen atoms in total. The number of anilines is 1. The molecule has 3 heterocycles. The third-order valence-corrected chi connectivity index (χ3v) is 2.70. The van der Waals surface area contributed by atoms with Crippen molar-refractivity contribution in [3.8, 4) is 22.4 Å². The number of aromatic nitrogens is 3. The van der Waals surface area contributed by atoms with Gasteiger partial charge in [0.25, 0.3) is 0 Å². The van der Waals surface area contributed by atoms with E-state index in [1.807, 2.05) is 0 Å². The fourth-order valence-corrected chi connectivity index (χ4v) is 1.84. The van der Waals surface area contributed by atoms with Crippen molar-refractivity contribution < 1.29 is 8.91 Å². The Morgan fingerprint density at radius 2 is 1.95 bits per heavy atom. The maximum Gasteiger partial charge on any atom is 0.230 e. The summed E-state index contributed by atoms with van der Waals surface area (Å²) in [5, 5.41) is 3.83. The van der Waals surface area contributed by atoms with Gasteiger partial charge in [0, 0.05) is 29.7 Å². The number of rotatable bonds is 2. The molecule has 3 aromatic heterocycles. The third-order valence-electron chi connectivity index (χ3n) is 2.70. The van der Waals surface area contributed by atoms with Crippen molar-refractivity contribution in [2.75, 3.05) is 5.73 Å². The zero-order valence-electron chi connectivity index (χ0n) is 9.75. The molecule has 0 saturated carbocycles. The summed E-state index contributed by atoms with van der Waals surface area (Å²) in [5.41, 5.74) is 7.63. The van der Waals surface area contributed by atoms with Crippen LogP contribution >= 0.6 is 0 Å². The average molecular weight is 256 g/mol. The highest BCUT2D eigenvalue weighted by Gasteiger charge is 2.19. The van der Waals surface area contributed by atoms with Gasteiger partial charge in [0.05, 0.1) is 11.8 Å². The molecule has 0 aliphatic rings. The minimum atomic E-state index is -0.485. The van der Waals surface area contributed by atoms with Crippen LogP contribution in [0.2, 0.25) is 0 Å². The van der Waals surface area contributed by atoms with Crippen LogP contribution < -0.4 is 5.73 Å². The number of hydrogen-bond acceptors (Lipinski definition) is 5. The molecule has 0 saturated heterocycles. The number of halogens is 1. The molecule has 0 unspecified atom stereocenters. The first-order chi connectivity index (χ1) is 9.27. The van der Waals surface area contributed by atoms with E-state index in [1.165, 1.54) is 12.3 Å². The van der Waals surface area contributed by atoms with E-state index >= 15 is 0 Å². The van der Waals surface area contributed by atoms with Crippen molar-refractivity contribution in [1.82, 2.24) is 15.1 Å². The van der Waals surface area contributed by atoms with Crippen molar-refractivity contribution in [3.63, 3.8) is 0 Å². The summed E-state index contributed by atoms with van der Waals surface area (Å²) in [6, 6.07) is 5.08. The lowest BCUT2D eigenvalue weighted by Crippen LogP contribution is -1.91. The highest BCUT2D eigenvalue weighted by atomic mass is 19.1. The summed E-state index contributed by atoms with van der Waals surface area (Å²) in [6.45, 7) is 0. The van der Waals surface area contributed by atoms with Crippen LogP contribution in [0.15, 0.2) is 47.5 Å². The maximum absolute atomic E-state index is 13.8. The smallest absolute Gasteiger partial charge is 0.230 e. The SMILES string of the molecule is Nc1onc(-c2ccncc2F)c1-c1cccnc1. The molecule has 0 fully saturated rings. The Labute approximate surface area is 107 Å². The van der Waals surface area contributed by atoms with Crippen LogP contribution in [0, 0.1) is 5.82 Å². The van der Waals surface area contributed by atoms with Crippen molar-refractivity contribution in [2.24, 2.45) is 0 Å². The Hall–Kier alpha value is -2.76. The van der Waals surface area contributed by atoms with E-state index < -0.39 is 5.82 Å². The van der Waals surface area contributed by atoms with Gasteiger partial charge in [-0.25, -0.2) is 4.39 Å². The molecule has 3 aromatic rings. The molecule has 0 atom stereocenters. The second-order valence-electron chi connectivity index (χ2n) is 3.87. The van der Waals surface area contributed by atoms with E-state index in [9.17, 15) is 4.39 Å². The maximum atomic E-state index is 13.8. The second-order valence-corrected chi connectivity index (χ2v) is 3.87. The predicted molar refractivity (Wildman–Crippen MR) is 67.3 cm³/mol. The van der Waals surface area contributed by atoms with Crippen LogP contribution in [0.3, 0.4) is 0 Å². The van der Waals surface area contributed by atoms with Crippen LogP contribution in [-0.4, -0.2) is 15.1 Å². The lowest BCUT2D eigenvalue weighted by atomic mass is 10.0. The standard InChI is InChI=1S/C13H9FN4O/c14-10-7-17-5-3-9(10)12-11(13(15)19-18-12)8-2-1-4-16-6-8/h1-7H,15H2. The highest BCUT2D eigenvalue weighted by molar-refractivity contribution is 5.86. The van der Waals surface area contributed by atoms with E-state index in [4.69, 9.17) is 10.3 Å². The first-order valence-electron chi connectivity index (χ1n) is 5.53. The summed E-state index contributed by atoms with van der Waals surface area (Å²) in [7, 11) is 0. The third kappa shape index (κ3) is 1.93. The molecular weight excluding hydrogens is 247 g/mol. The molecule has 0 aromatic carbocycles. The van der Waals surface area contributed by atoms with E-state index in [0.717, 1.165) is 6.20 Å². The van der Waals surface area contributed by atoms with E-state index in [0.29, 0.717) is 16.8 Å². The van der Waals surface area contributed by atoms with Crippen LogP contribution in [-0.2, 0) is 0 Å². The predicted octanol–water partition coefficient (Wildman–Crippen LogP) is 2.52. The van der Waals surface area contributed by atoms with Crippen LogP contribution in [0.25, 0.3) is 22.4 Å². The van der Waals surface area contributed by atoms with E-state index in [1.54, 1.807) is 24.5 Å². The van der Waals surface area contributed by atoms with Gasteiger partial charge in [-0.15, -0.1) is 0 Å². The fourth-order valence-electron chi connectivity index (χ4n) is 1.84. The quantitative estimate of drug-likeness (QED) is 0.762. The highest BCUT2D eigenvalue weighted by Crippen LogP contribution is 2.36. The van der Waals surface area contributed by atoms with Crippen molar-refractivity contribution in [1.29, 1.82) is 0 Å². The van der Waals surface area contributed by atoms with Crippen LogP contribution in [0.1, 0.15) is 0 Å². The summed E-state index contributed by atoms with van der Waals surface area (Å²) in [4.78, 5) is 7.71. The number of hydrogen-bond donors (Lipinski definition) is 1. The van der Waals surface area contributed by atoms with Crippen LogP contribution in [0.5, 0.6) is 0 Å². The Balaban J connectivity index is 2.23. The number of nitrogens with zero attached hydrogens (tertiary/aromatic N) is 3. The van der Waals surface area contributed by atoms with Gasteiger partial charge in [-0.05, 0) is 12.1 Å². The molecule has 94 valence electrons. The summed E-state index contributed by atoms with van der Waals surface area (Å²) >= 11 is 0. The van der Waals surface area contributed by atoms with E-state index in [2.05, 4.69) is 15.1 Å². The van der Waals surface area contributed by atoms with Gasteiger partial charge in [-0.2, -0.15) is 0 Å². The Kier molecular flexibility index (Phi) is 2.68. The van der Waals surface area contributed by atoms with Gasteiger partial charge in [0.2, 0.25) is 5.88 Å². The lowest BCUT2D eigenvalue weighted by Gasteiger charge is -2.02. The van der Waals surface area contributed by atoms with Gasteiger partial charge in [0.1, 0.15) is 5.69 Å². The average Bonchev–Trinajstić information content (AvgIpc) is 2.82. The Morgan fingerprint density at radius 1 is 1.11 bits per heavy atom. The molecule has 0 amide bonds. The molecule has 19 heavy (non-hydrogen) atoms. The molecule has 0 radical (unpaired) electrons. The minimum Gasteiger partial charge on any atom is -0.367 e. The van der Waals surface area contributed by atoms with Crippen LogP contribution in [0.4, 0.5) is 10.3 Å². The molecule has 0 bridgehead atoms. The zero-order valence-corrected chi connectivity index (χ0v) is 9.75. The van der Waals surface area contributed by atoms with Crippen molar-refractivity contribution in [3.05, 3.63) is 48.8 Å². The van der Waals surface area contributed by atoms with Crippen molar-refractivity contribution in [2.45, 2.75) is 0 Å². The largest absolute Gasteiger partial charge is 0.367 e. The summed E-state index contributed by atoms with van der Waals surface area (Å²) < 4.78 is 18.8. The van der Waals surface area contributed by atoms with Crippen molar-refractivity contribution >= 4 is 5.88 Å². The van der Waals surface area contributed by atoms with Gasteiger partial charge in [0.15, 0.2) is 5.82 Å². The normalized spacial score (nSPS) is 10.6. The summed E-state index contributed by atoms with van der Waals surface area (Å²) in [5.74, 6) is -0.361. The molecule has 0 spiro atoms. The molecule has 2 N–H and O–H groups in total. The lowest BCUT2D eigenvalue weighted by molar-refractivity contribution is 0.439. The van der Waals surface area contributed by atoms with Gasteiger partial charge in [-0.1, -0.05) is 11.2 Å². The van der Waals surface area contributed by atoms with Gasteiger partial charge >= 0.3 is 0 Å². The second kappa shape index (κ2) is 4.49. The summed E-state index contributed by atoms with van der Waals surface area (Å²) in [6.07, 6.45) is 5.86. The Bertz CT molecular complexity index is 712. The molecular formula is C13H9FN4O. The number of pyridine rings is 2. The minimum absolute atomic E-state index is 0.124. The molecule has 3 rings (SSSR count). The van der Waals surface area contributed by atoms with Gasteiger partial charge < -0.3 is 10.3 Å². The van der Waals surface area contributed by atoms with E-state index in [-0.39, 0.29) is 11.4 Å². The molecule has 0 aliphatic heterocycles. The monoisotopic (exact) mass is 256 g/mol. The first-order valence-corrected chi connectivity index (χ1v) is 5.53.